The van der Waals surface area contributed by atoms with Crippen LogP contribution in [-0.2, 0) is 28.6 Å². The molecule has 0 fully saturated rings. The summed E-state index contributed by atoms with van der Waals surface area (Å²) >= 11 is 0. The van der Waals surface area contributed by atoms with Crippen molar-refractivity contribution in [1.29, 1.82) is 0 Å². The van der Waals surface area contributed by atoms with E-state index >= 15 is 0 Å². The van der Waals surface area contributed by atoms with E-state index in [0.29, 0.717) is 19.3 Å². The molecule has 6 heteroatoms. The molecule has 0 N–H and O–H groups in total. The summed E-state index contributed by atoms with van der Waals surface area (Å²) in [5, 5.41) is 0. The molecule has 0 spiro atoms. The predicted octanol–water partition coefficient (Wildman–Crippen LogP) is 16.3. The van der Waals surface area contributed by atoms with Crippen LogP contribution in [0.5, 0.6) is 0 Å². The number of carbonyl (C=O) groups is 3. The number of hydrogen-bond donors (Lipinski definition) is 0. The van der Waals surface area contributed by atoms with E-state index in [1.807, 2.05) is 0 Å². The van der Waals surface area contributed by atoms with E-state index in [1.165, 1.54) is 109 Å². The van der Waals surface area contributed by atoms with Gasteiger partial charge < -0.3 is 14.2 Å². The van der Waals surface area contributed by atoms with Crippen molar-refractivity contribution in [3.63, 3.8) is 0 Å². The number of hydrogen-bond acceptors (Lipinski definition) is 6. The van der Waals surface area contributed by atoms with Crippen LogP contribution in [0.4, 0.5) is 0 Å². The number of ether oxygens (including phenoxy) is 3. The molecular weight excluding hydrogens is 733 g/mol. The lowest BCUT2D eigenvalue weighted by molar-refractivity contribution is -0.167. The number of carbonyl (C=O) groups excluding carboxylic acids is 3. The molecule has 0 aromatic heterocycles. The minimum atomic E-state index is -0.784. The Morgan fingerprint density at radius 3 is 1.05 bits per heavy atom. The third-order valence-electron chi connectivity index (χ3n) is 10.8. The third kappa shape index (κ3) is 46.3. The first-order valence-electron chi connectivity index (χ1n) is 25.1. The predicted molar refractivity (Wildman–Crippen MR) is 252 cm³/mol. The van der Waals surface area contributed by atoms with Crippen molar-refractivity contribution in [2.24, 2.45) is 0 Å². The molecule has 59 heavy (non-hydrogen) atoms. The molecule has 0 saturated carbocycles. The Morgan fingerprint density at radius 1 is 0.339 bits per heavy atom. The normalized spacial score (nSPS) is 12.4. The maximum Gasteiger partial charge on any atom is 0.306 e. The van der Waals surface area contributed by atoms with Crippen LogP contribution in [0.1, 0.15) is 252 Å². The summed E-state index contributed by atoms with van der Waals surface area (Å²) in [6.45, 7) is 6.52. The maximum atomic E-state index is 12.8. The molecule has 0 aliphatic carbocycles. The van der Waals surface area contributed by atoms with Crippen LogP contribution < -0.4 is 0 Å². The van der Waals surface area contributed by atoms with Crippen LogP contribution in [-0.4, -0.2) is 37.2 Å². The van der Waals surface area contributed by atoms with Gasteiger partial charge in [-0.05, 0) is 96.3 Å². The number of unbranched alkanes of at least 4 members (excludes halogenated alkanes) is 26. The summed E-state index contributed by atoms with van der Waals surface area (Å²) < 4.78 is 16.7. The second-order valence-electron chi connectivity index (χ2n) is 16.7. The van der Waals surface area contributed by atoms with Gasteiger partial charge in [-0.15, -0.1) is 0 Å². The van der Waals surface area contributed by atoms with E-state index in [4.69, 9.17) is 14.2 Å². The third-order valence-corrected chi connectivity index (χ3v) is 10.8. The van der Waals surface area contributed by atoms with E-state index < -0.39 is 6.10 Å². The second-order valence-corrected chi connectivity index (χ2v) is 16.7. The van der Waals surface area contributed by atoms with Crippen LogP contribution in [0.15, 0.2) is 48.6 Å². The molecule has 342 valence electrons. The topological polar surface area (TPSA) is 78.9 Å². The van der Waals surface area contributed by atoms with Crippen molar-refractivity contribution in [3.05, 3.63) is 48.6 Å². The minimum Gasteiger partial charge on any atom is -0.462 e. The van der Waals surface area contributed by atoms with Gasteiger partial charge >= 0.3 is 17.9 Å². The van der Waals surface area contributed by atoms with Crippen LogP contribution in [0.2, 0.25) is 0 Å². The van der Waals surface area contributed by atoms with E-state index in [1.54, 1.807) is 0 Å². The highest BCUT2D eigenvalue weighted by molar-refractivity contribution is 5.71. The maximum absolute atomic E-state index is 12.8. The van der Waals surface area contributed by atoms with Gasteiger partial charge in [0.2, 0.25) is 0 Å². The van der Waals surface area contributed by atoms with E-state index in [9.17, 15) is 14.4 Å². The smallest absolute Gasteiger partial charge is 0.306 e. The standard InChI is InChI=1S/C53H94O6/c1-4-7-10-13-16-19-22-24-26-28-29-31-34-37-40-43-46-52(55)58-49-50(48-57-51(54)45-42-39-36-33-21-18-15-12-9-6-3)59-53(56)47-44-41-38-35-32-30-27-25-23-20-17-14-11-8-5-2/h12,15,17,20,25-28,50H,4-11,13-14,16,18-19,21-24,29-49H2,1-3H3/b15-12-,20-17-,27-25-,28-26-. The number of allylic oxidation sites excluding steroid dienone is 8. The highest BCUT2D eigenvalue weighted by atomic mass is 16.6. The molecule has 0 rings (SSSR count). The fourth-order valence-corrected chi connectivity index (χ4v) is 6.94. The molecule has 0 radical (unpaired) electrons. The van der Waals surface area contributed by atoms with Crippen LogP contribution in [0.3, 0.4) is 0 Å². The Balaban J connectivity index is 4.38. The second kappa shape index (κ2) is 48.0. The van der Waals surface area contributed by atoms with Crippen LogP contribution in [0.25, 0.3) is 0 Å². The largest absolute Gasteiger partial charge is 0.462 e. The van der Waals surface area contributed by atoms with Crippen LogP contribution >= 0.6 is 0 Å². The Bertz CT molecular complexity index is 1040. The molecule has 0 amide bonds. The Kier molecular flexibility index (Phi) is 45.9. The molecule has 0 heterocycles. The fourth-order valence-electron chi connectivity index (χ4n) is 6.94. The first kappa shape index (κ1) is 56.4. The molecule has 0 saturated heterocycles. The fraction of sp³-hybridized carbons (Fsp3) is 0.792. The summed E-state index contributed by atoms with van der Waals surface area (Å²) in [4.78, 5) is 37.9. The molecule has 1 atom stereocenters. The summed E-state index contributed by atoms with van der Waals surface area (Å²) in [5.74, 6) is -0.914. The Morgan fingerprint density at radius 2 is 0.644 bits per heavy atom. The summed E-state index contributed by atoms with van der Waals surface area (Å²) in [5.41, 5.74) is 0. The van der Waals surface area contributed by atoms with Gasteiger partial charge in [-0.3, -0.25) is 14.4 Å². The Hall–Kier alpha value is -2.63. The van der Waals surface area contributed by atoms with Gasteiger partial charge in [0.15, 0.2) is 6.10 Å². The molecule has 0 bridgehead atoms. The van der Waals surface area contributed by atoms with Gasteiger partial charge in [0.1, 0.15) is 13.2 Å². The summed E-state index contributed by atoms with van der Waals surface area (Å²) in [6.07, 6.45) is 56.6. The average molecular weight is 827 g/mol. The highest BCUT2D eigenvalue weighted by Gasteiger charge is 2.19. The highest BCUT2D eigenvalue weighted by Crippen LogP contribution is 2.14. The van der Waals surface area contributed by atoms with Gasteiger partial charge in [0.05, 0.1) is 0 Å². The molecule has 0 aromatic rings. The van der Waals surface area contributed by atoms with Gasteiger partial charge in [-0.2, -0.15) is 0 Å². The molecule has 0 aliphatic heterocycles. The van der Waals surface area contributed by atoms with Crippen molar-refractivity contribution >= 4 is 17.9 Å². The molecule has 0 aliphatic rings. The zero-order valence-corrected chi connectivity index (χ0v) is 39.0. The summed E-state index contributed by atoms with van der Waals surface area (Å²) in [7, 11) is 0. The zero-order chi connectivity index (χ0) is 43.0. The van der Waals surface area contributed by atoms with Crippen molar-refractivity contribution in [2.75, 3.05) is 13.2 Å². The SMILES string of the molecule is CCC/C=C\CCCCCCCC(=O)OCC(COC(=O)CCCCCCC/C=C\CCCCCCCCC)OC(=O)CCCCCCC/C=C\C/C=C\CCCCC. The van der Waals surface area contributed by atoms with E-state index in [0.717, 1.165) is 103 Å². The van der Waals surface area contributed by atoms with E-state index in [2.05, 4.69) is 69.4 Å². The van der Waals surface area contributed by atoms with Crippen molar-refractivity contribution in [3.8, 4) is 0 Å². The van der Waals surface area contributed by atoms with Crippen LogP contribution in [0, 0.1) is 0 Å². The quantitative estimate of drug-likeness (QED) is 0.0263. The lowest BCUT2D eigenvalue weighted by atomic mass is 10.1. The first-order chi connectivity index (χ1) is 29.0. The first-order valence-corrected chi connectivity index (χ1v) is 25.1. The lowest BCUT2D eigenvalue weighted by Gasteiger charge is -2.18. The van der Waals surface area contributed by atoms with Gasteiger partial charge in [0.25, 0.3) is 0 Å². The average Bonchev–Trinajstić information content (AvgIpc) is 3.23. The number of esters is 3. The van der Waals surface area contributed by atoms with Crippen molar-refractivity contribution < 1.29 is 28.6 Å². The monoisotopic (exact) mass is 827 g/mol. The van der Waals surface area contributed by atoms with Crippen molar-refractivity contribution in [1.82, 2.24) is 0 Å². The molecule has 0 aromatic carbocycles. The zero-order valence-electron chi connectivity index (χ0n) is 39.0. The summed E-state index contributed by atoms with van der Waals surface area (Å²) in [6, 6.07) is 0. The van der Waals surface area contributed by atoms with Gasteiger partial charge in [-0.1, -0.05) is 185 Å². The van der Waals surface area contributed by atoms with Gasteiger partial charge in [-0.25, -0.2) is 0 Å². The molecular formula is C53H94O6. The lowest BCUT2D eigenvalue weighted by Crippen LogP contribution is -2.30. The molecule has 6 nitrogen and oxygen atoms in total. The Labute approximate surface area is 365 Å². The number of rotatable bonds is 45. The van der Waals surface area contributed by atoms with Crippen molar-refractivity contribution in [2.45, 2.75) is 258 Å². The minimum absolute atomic E-state index is 0.0854. The van der Waals surface area contributed by atoms with E-state index in [-0.39, 0.29) is 31.1 Å². The van der Waals surface area contributed by atoms with Gasteiger partial charge in [0, 0.05) is 19.3 Å². The molecule has 1 unspecified atom stereocenters.